The van der Waals surface area contributed by atoms with Crippen molar-refractivity contribution in [2.24, 2.45) is 0 Å². The molecule has 3 aromatic carbocycles. The van der Waals surface area contributed by atoms with Crippen LogP contribution in [0, 0.1) is 0 Å². The molecule has 0 aliphatic rings. The topological polar surface area (TPSA) is 26.3 Å². The molecule has 2 nitrogen and oxygen atoms in total. The summed E-state index contributed by atoms with van der Waals surface area (Å²) in [7, 11) is 0. The Morgan fingerprint density at radius 3 is 1.50 bits per heavy atom. The number of ether oxygens (including phenoxy) is 1. The van der Waals surface area contributed by atoms with Crippen molar-refractivity contribution < 1.29 is 9.53 Å². The minimum Gasteiger partial charge on any atom is -0.463 e. The second-order valence-corrected chi connectivity index (χ2v) is 10.8. The minimum absolute atomic E-state index is 0.208. The average molecular weight is 417 g/mol. The van der Waals surface area contributed by atoms with Crippen LogP contribution in [0.2, 0.25) is 0 Å². The Kier molecular flexibility index (Phi) is 7.49. The molecule has 0 unspecified atom stereocenters. The summed E-state index contributed by atoms with van der Waals surface area (Å²) in [5, 5.41) is 4.31. The van der Waals surface area contributed by atoms with Gasteiger partial charge in [-0.05, 0) is 50.0 Å². The highest BCUT2D eigenvalue weighted by atomic mass is 31.2. The first-order chi connectivity index (χ1) is 14.6. The van der Waals surface area contributed by atoms with Gasteiger partial charge in [-0.3, -0.25) is 0 Å². The van der Waals surface area contributed by atoms with Gasteiger partial charge in [0.05, 0.1) is 11.9 Å². The average Bonchev–Trinajstić information content (AvgIpc) is 2.78. The predicted octanol–water partition coefficient (Wildman–Crippen LogP) is 5.07. The van der Waals surface area contributed by atoms with E-state index < -0.39 is 6.89 Å². The normalized spacial score (nSPS) is 10.9. The molecule has 0 saturated heterocycles. The quantitative estimate of drug-likeness (QED) is 0.305. The van der Waals surface area contributed by atoms with E-state index in [1.165, 1.54) is 5.57 Å². The highest BCUT2D eigenvalue weighted by Gasteiger charge is 2.33. The monoisotopic (exact) mass is 416 g/mol. The summed E-state index contributed by atoms with van der Waals surface area (Å²) in [5.74, 6) is -0.208. The maximum absolute atomic E-state index is 13.5. The summed E-state index contributed by atoms with van der Waals surface area (Å²) in [5.41, 5.74) is 1.18. The molecule has 0 saturated carbocycles. The molecule has 0 heterocycles. The largest absolute Gasteiger partial charge is 0.463 e. The lowest BCUT2D eigenvalue weighted by molar-refractivity contribution is -0.134. The van der Waals surface area contributed by atoms with Gasteiger partial charge in [-0.2, -0.15) is 0 Å². The smallest absolute Gasteiger partial charge is 0.335 e. The van der Waals surface area contributed by atoms with Crippen LogP contribution in [0.4, 0.5) is 0 Å². The fraction of sp³-hybridized carbons (Fsp3) is 0.185. The van der Waals surface area contributed by atoms with Crippen LogP contribution in [0.25, 0.3) is 0 Å². The van der Waals surface area contributed by atoms with Crippen molar-refractivity contribution >= 4 is 34.1 Å². The lowest BCUT2D eigenvalue weighted by Crippen LogP contribution is -2.34. The zero-order chi connectivity index (χ0) is 21.4. The third-order valence-electron chi connectivity index (χ3n) is 5.05. The van der Waals surface area contributed by atoms with E-state index in [4.69, 9.17) is 4.74 Å². The van der Waals surface area contributed by atoms with Gasteiger partial charge >= 0.3 is 5.97 Å². The predicted molar refractivity (Wildman–Crippen MR) is 131 cm³/mol. The Labute approximate surface area is 180 Å². The molecular weight excluding hydrogens is 387 g/mol. The van der Waals surface area contributed by atoms with Crippen molar-refractivity contribution in [2.75, 3.05) is 6.61 Å². The van der Waals surface area contributed by atoms with Crippen LogP contribution in [-0.4, -0.2) is 17.9 Å². The summed E-state index contributed by atoms with van der Waals surface area (Å²) in [6, 6.07) is 31.3. The van der Waals surface area contributed by atoms with Crippen LogP contribution < -0.4 is 15.9 Å². The number of hydrogen-bond acceptors (Lipinski definition) is 2. The van der Waals surface area contributed by atoms with Crippen LogP contribution in [0.3, 0.4) is 0 Å². The summed E-state index contributed by atoms with van der Waals surface area (Å²) >= 11 is 0. The summed E-state index contributed by atoms with van der Waals surface area (Å²) < 4.78 is 5.63. The standard InChI is InChI=1S/C27H29O2P/c1-4-29-27(28)26(21-20-22(2)3)30(23-14-8-5-9-15-23,24-16-10-6-11-17-24)25-18-12-7-13-19-25/h5-20H,4,21H2,1-3H3. The zero-order valence-corrected chi connectivity index (χ0v) is 18.8. The van der Waals surface area contributed by atoms with Crippen molar-refractivity contribution in [2.45, 2.75) is 27.2 Å². The van der Waals surface area contributed by atoms with Gasteiger partial charge < -0.3 is 4.74 Å². The minimum atomic E-state index is -2.41. The molecule has 30 heavy (non-hydrogen) atoms. The van der Waals surface area contributed by atoms with Crippen molar-refractivity contribution in [3.63, 3.8) is 0 Å². The first-order valence-corrected chi connectivity index (χ1v) is 12.1. The summed E-state index contributed by atoms with van der Waals surface area (Å²) in [4.78, 5) is 13.5. The molecule has 3 aromatic rings. The third kappa shape index (κ3) is 4.50. The highest BCUT2D eigenvalue weighted by molar-refractivity contribution is 7.96. The first kappa shape index (κ1) is 21.9. The van der Waals surface area contributed by atoms with Gasteiger partial charge in [0.15, 0.2) is 0 Å². The van der Waals surface area contributed by atoms with Crippen molar-refractivity contribution in [1.82, 2.24) is 0 Å². The molecule has 3 heteroatoms. The lowest BCUT2D eigenvalue weighted by atomic mass is 10.2. The molecular formula is C27H29O2P. The van der Waals surface area contributed by atoms with Gasteiger partial charge in [-0.1, -0.05) is 103 Å². The molecule has 0 atom stereocenters. The van der Waals surface area contributed by atoms with E-state index >= 15 is 0 Å². The van der Waals surface area contributed by atoms with Crippen LogP contribution in [0.5, 0.6) is 0 Å². The van der Waals surface area contributed by atoms with E-state index in [1.807, 2.05) is 25.1 Å². The Morgan fingerprint density at radius 1 is 0.767 bits per heavy atom. The molecule has 0 fully saturated rings. The van der Waals surface area contributed by atoms with Crippen LogP contribution in [-0.2, 0) is 9.53 Å². The maximum atomic E-state index is 13.5. The molecule has 3 rings (SSSR count). The van der Waals surface area contributed by atoms with Gasteiger partial charge in [0, 0.05) is 0 Å². The zero-order valence-electron chi connectivity index (χ0n) is 17.9. The molecule has 0 aliphatic carbocycles. The molecule has 0 aromatic heterocycles. The molecule has 0 spiro atoms. The van der Waals surface area contributed by atoms with Gasteiger partial charge in [0.25, 0.3) is 0 Å². The van der Waals surface area contributed by atoms with E-state index in [2.05, 4.69) is 92.7 Å². The maximum Gasteiger partial charge on any atom is 0.335 e. The van der Waals surface area contributed by atoms with Crippen molar-refractivity contribution in [3.05, 3.63) is 103 Å². The van der Waals surface area contributed by atoms with Crippen LogP contribution >= 0.6 is 6.89 Å². The van der Waals surface area contributed by atoms with E-state index in [0.29, 0.717) is 13.0 Å². The van der Waals surface area contributed by atoms with E-state index in [0.717, 1.165) is 21.2 Å². The Hall–Kier alpha value is -2.83. The lowest BCUT2D eigenvalue weighted by Gasteiger charge is -2.32. The Bertz CT molecular complexity index is 944. The van der Waals surface area contributed by atoms with Crippen molar-refractivity contribution in [3.8, 4) is 0 Å². The SMILES string of the molecule is CCOC(=O)C(CC=C(C)C)=P(c1ccccc1)(c1ccccc1)c1ccccc1. The van der Waals surface area contributed by atoms with E-state index in [1.54, 1.807) is 0 Å². The number of rotatable bonds is 7. The molecule has 154 valence electrons. The number of allylic oxidation sites excluding steroid dienone is 2. The Morgan fingerprint density at radius 2 is 1.17 bits per heavy atom. The number of benzene rings is 3. The number of carbonyl (C=O) groups is 1. The fourth-order valence-electron chi connectivity index (χ4n) is 3.74. The second kappa shape index (κ2) is 10.3. The Balaban J connectivity index is 2.55. The highest BCUT2D eigenvalue weighted by Crippen LogP contribution is 2.47. The molecule has 0 amide bonds. The third-order valence-corrected chi connectivity index (χ3v) is 9.44. The summed E-state index contributed by atoms with van der Waals surface area (Å²) in [6.45, 7) is 3.95. The van der Waals surface area contributed by atoms with Crippen LogP contribution in [0.1, 0.15) is 27.2 Å². The second-order valence-electron chi connectivity index (χ2n) is 7.33. The number of carbonyl (C=O) groups excluding carboxylic acids is 1. The van der Waals surface area contributed by atoms with Gasteiger partial charge in [-0.25, -0.2) is 4.79 Å². The number of hydrogen-bond donors (Lipinski definition) is 0. The molecule has 0 radical (unpaired) electrons. The van der Waals surface area contributed by atoms with Gasteiger partial charge in [-0.15, -0.1) is 0 Å². The van der Waals surface area contributed by atoms with E-state index in [9.17, 15) is 4.79 Å². The molecule has 0 N–H and O–H groups in total. The molecule has 0 bridgehead atoms. The summed E-state index contributed by atoms with van der Waals surface area (Å²) in [6.07, 6.45) is 2.70. The first-order valence-electron chi connectivity index (χ1n) is 10.3. The van der Waals surface area contributed by atoms with Crippen LogP contribution in [0.15, 0.2) is 103 Å². The van der Waals surface area contributed by atoms with Gasteiger partial charge in [0.1, 0.15) is 0 Å². The van der Waals surface area contributed by atoms with Crippen molar-refractivity contribution in [1.29, 1.82) is 0 Å². The fourth-order valence-corrected chi connectivity index (χ4v) is 8.13. The van der Waals surface area contributed by atoms with Gasteiger partial charge in [0.2, 0.25) is 0 Å². The van der Waals surface area contributed by atoms with E-state index in [-0.39, 0.29) is 5.97 Å². The molecule has 0 aliphatic heterocycles. The number of esters is 1.